The molecule has 1 N–H and O–H groups in total. The summed E-state index contributed by atoms with van der Waals surface area (Å²) in [6.07, 6.45) is -3.87. The zero-order valence-corrected chi connectivity index (χ0v) is 27.0. The summed E-state index contributed by atoms with van der Waals surface area (Å²) in [4.78, 5) is 25.6. The molecule has 1 atom stereocenters. The van der Waals surface area contributed by atoms with Crippen molar-refractivity contribution in [2.75, 3.05) is 10.8 Å². The van der Waals surface area contributed by atoms with E-state index in [2.05, 4.69) is 5.32 Å². The first-order valence-electron chi connectivity index (χ1n) is 15.1. The number of hydrogen-bond acceptors (Lipinski definition) is 5. The molecule has 246 valence electrons. The zero-order chi connectivity index (χ0) is 34.0. The third kappa shape index (κ3) is 7.85. The van der Waals surface area contributed by atoms with Gasteiger partial charge >= 0.3 is 12.1 Å². The normalized spacial score (nSPS) is 14.9. The minimum Gasteiger partial charge on any atom is -0.460 e. The number of para-hydroxylation sites is 1. The molecule has 1 amide bonds. The molecule has 0 unspecified atom stereocenters. The van der Waals surface area contributed by atoms with Crippen LogP contribution >= 0.6 is 0 Å². The molecule has 47 heavy (non-hydrogen) atoms. The van der Waals surface area contributed by atoms with Crippen LogP contribution < -0.4 is 9.62 Å². The van der Waals surface area contributed by atoms with Gasteiger partial charge in [-0.05, 0) is 79.3 Å². The molecule has 0 saturated heterocycles. The third-order valence-electron chi connectivity index (χ3n) is 7.66. The summed E-state index contributed by atoms with van der Waals surface area (Å²) in [5, 5.41) is 2.86. The van der Waals surface area contributed by atoms with E-state index in [9.17, 15) is 31.2 Å². The number of alkyl halides is 3. The molecule has 0 aromatic heterocycles. The molecule has 4 aromatic rings. The van der Waals surface area contributed by atoms with Crippen molar-refractivity contribution in [1.29, 1.82) is 0 Å². The van der Waals surface area contributed by atoms with Crippen molar-refractivity contribution in [3.05, 3.63) is 119 Å². The lowest BCUT2D eigenvalue weighted by Crippen LogP contribution is -2.48. The number of benzene rings is 4. The molecule has 1 heterocycles. The van der Waals surface area contributed by atoms with Crippen molar-refractivity contribution in [2.24, 2.45) is 0 Å². The summed E-state index contributed by atoms with van der Waals surface area (Å²) in [6.45, 7) is 5.63. The van der Waals surface area contributed by atoms with E-state index in [1.807, 2.05) is 24.3 Å². The number of carbonyl (C=O) groups excluding carboxylic acids is 2. The van der Waals surface area contributed by atoms with Crippen LogP contribution in [0.2, 0.25) is 0 Å². The van der Waals surface area contributed by atoms with Gasteiger partial charge in [0.2, 0.25) is 5.91 Å². The molecule has 7 nitrogen and oxygen atoms in total. The first-order valence-corrected chi connectivity index (χ1v) is 16.5. The number of nitrogens with one attached hydrogen (secondary N) is 1. The van der Waals surface area contributed by atoms with Crippen LogP contribution in [0.25, 0.3) is 11.1 Å². The number of hydrogen-bond donors (Lipinski definition) is 1. The Morgan fingerprint density at radius 2 is 1.53 bits per heavy atom. The molecule has 0 radical (unpaired) electrons. The van der Waals surface area contributed by atoms with Crippen LogP contribution in [0, 0.1) is 0 Å². The first-order chi connectivity index (χ1) is 22.1. The number of amides is 1. The number of nitrogens with zero attached hydrogens (tertiary/aromatic N) is 1. The highest BCUT2D eigenvalue weighted by atomic mass is 32.2. The standard InChI is InChI=1S/C36H35F3N2O5S/c1-35(2,3)46-33(42)22-25-10-8-9-24(21-25)19-20-40-34(43)32-23-27-11-4-7-14-31(27)41(32)47(44,45)28-17-15-26(16-18-28)29-12-5-6-13-30(29)36(37,38)39/h4-18,21,32H,19-20,22-23H2,1-3H3,(H,40,43)/t32-/m0/s1. The Morgan fingerprint density at radius 3 is 2.23 bits per heavy atom. The molecule has 0 aliphatic carbocycles. The van der Waals surface area contributed by atoms with Gasteiger partial charge in [-0.2, -0.15) is 13.2 Å². The Hall–Kier alpha value is -4.64. The topological polar surface area (TPSA) is 92.8 Å². The number of rotatable bonds is 9. The van der Waals surface area contributed by atoms with E-state index in [0.717, 1.165) is 21.5 Å². The van der Waals surface area contributed by atoms with E-state index >= 15 is 0 Å². The summed E-state index contributed by atoms with van der Waals surface area (Å²) >= 11 is 0. The van der Waals surface area contributed by atoms with Crippen LogP contribution in [0.5, 0.6) is 0 Å². The van der Waals surface area contributed by atoms with Crippen molar-refractivity contribution >= 4 is 27.6 Å². The Balaban J connectivity index is 1.32. The van der Waals surface area contributed by atoms with Crippen LogP contribution in [0.15, 0.2) is 102 Å². The lowest BCUT2D eigenvalue weighted by molar-refractivity contribution is -0.154. The zero-order valence-electron chi connectivity index (χ0n) is 26.2. The van der Waals surface area contributed by atoms with Gasteiger partial charge in [-0.15, -0.1) is 0 Å². The fourth-order valence-electron chi connectivity index (χ4n) is 5.64. The van der Waals surface area contributed by atoms with Gasteiger partial charge in [-0.1, -0.05) is 72.8 Å². The SMILES string of the molecule is CC(C)(C)OC(=O)Cc1cccc(CCNC(=O)[C@@H]2Cc3ccccc3N2S(=O)(=O)c2ccc(-c3ccccc3C(F)(F)F)cc2)c1. The molecule has 0 fully saturated rings. The maximum Gasteiger partial charge on any atom is 0.417 e. The number of anilines is 1. The molecule has 1 aliphatic heterocycles. The molecule has 0 saturated carbocycles. The highest BCUT2D eigenvalue weighted by molar-refractivity contribution is 7.93. The number of ether oxygens (including phenoxy) is 1. The Bertz CT molecular complexity index is 1880. The van der Waals surface area contributed by atoms with E-state index in [1.54, 1.807) is 45.0 Å². The first kappa shape index (κ1) is 33.7. The number of esters is 1. The third-order valence-corrected chi connectivity index (χ3v) is 9.49. The maximum absolute atomic E-state index is 14.0. The van der Waals surface area contributed by atoms with Crippen molar-refractivity contribution in [3.63, 3.8) is 0 Å². The second kappa shape index (κ2) is 13.2. The van der Waals surface area contributed by atoms with Gasteiger partial charge in [0.05, 0.1) is 22.6 Å². The fraction of sp³-hybridized carbons (Fsp3) is 0.278. The van der Waals surface area contributed by atoms with E-state index in [-0.39, 0.29) is 41.4 Å². The van der Waals surface area contributed by atoms with Crippen LogP contribution in [-0.2, 0) is 49.8 Å². The van der Waals surface area contributed by atoms with Gasteiger partial charge in [0.1, 0.15) is 11.6 Å². The van der Waals surface area contributed by atoms with Crippen molar-refractivity contribution in [3.8, 4) is 11.1 Å². The second-order valence-electron chi connectivity index (χ2n) is 12.3. The Morgan fingerprint density at radius 1 is 0.872 bits per heavy atom. The van der Waals surface area contributed by atoms with Gasteiger partial charge in [-0.3, -0.25) is 13.9 Å². The average molecular weight is 665 g/mol. The highest BCUT2D eigenvalue weighted by Gasteiger charge is 2.42. The van der Waals surface area contributed by atoms with Crippen molar-refractivity contribution in [2.45, 2.75) is 62.7 Å². The number of fused-ring (bicyclic) bond motifs is 1. The van der Waals surface area contributed by atoms with Gasteiger partial charge < -0.3 is 10.1 Å². The summed E-state index contributed by atoms with van der Waals surface area (Å²) in [7, 11) is -4.28. The maximum atomic E-state index is 14.0. The molecule has 0 bridgehead atoms. The fourth-order valence-corrected chi connectivity index (χ4v) is 7.29. The minimum absolute atomic E-state index is 0.0666. The molecular weight excluding hydrogens is 629 g/mol. The van der Waals surface area contributed by atoms with Crippen LogP contribution in [0.1, 0.15) is 43.0 Å². The summed E-state index contributed by atoms with van der Waals surface area (Å²) in [5.74, 6) is -0.823. The summed E-state index contributed by atoms with van der Waals surface area (Å²) < 4.78 is 75.4. The highest BCUT2D eigenvalue weighted by Crippen LogP contribution is 2.39. The van der Waals surface area contributed by atoms with Crippen LogP contribution in [-0.4, -0.2) is 38.5 Å². The molecular formula is C36H35F3N2O5S. The smallest absolute Gasteiger partial charge is 0.417 e. The van der Waals surface area contributed by atoms with Crippen molar-refractivity contribution < 1.29 is 35.9 Å². The van der Waals surface area contributed by atoms with E-state index < -0.39 is 39.3 Å². The summed E-state index contributed by atoms with van der Waals surface area (Å²) in [5.41, 5.74) is 1.45. The van der Waals surface area contributed by atoms with Gasteiger partial charge in [0.25, 0.3) is 10.0 Å². The largest absolute Gasteiger partial charge is 0.460 e. The van der Waals surface area contributed by atoms with Gasteiger partial charge in [0, 0.05) is 13.0 Å². The van der Waals surface area contributed by atoms with E-state index in [4.69, 9.17) is 4.74 Å². The number of carbonyl (C=O) groups is 2. The van der Waals surface area contributed by atoms with Gasteiger partial charge in [-0.25, -0.2) is 8.42 Å². The van der Waals surface area contributed by atoms with E-state index in [0.29, 0.717) is 17.7 Å². The number of halogens is 3. The molecule has 0 spiro atoms. The van der Waals surface area contributed by atoms with Crippen molar-refractivity contribution in [1.82, 2.24) is 5.32 Å². The predicted molar refractivity (Wildman–Crippen MR) is 173 cm³/mol. The monoisotopic (exact) mass is 664 g/mol. The molecule has 1 aliphatic rings. The van der Waals surface area contributed by atoms with E-state index in [1.165, 1.54) is 42.5 Å². The van der Waals surface area contributed by atoms with Gasteiger partial charge in [0.15, 0.2) is 0 Å². The predicted octanol–water partition coefficient (Wildman–Crippen LogP) is 6.74. The van der Waals surface area contributed by atoms with Crippen LogP contribution in [0.3, 0.4) is 0 Å². The lowest BCUT2D eigenvalue weighted by atomic mass is 9.99. The Kier molecular flexibility index (Phi) is 9.49. The molecule has 4 aromatic carbocycles. The Labute approximate surface area is 272 Å². The number of sulfonamides is 1. The van der Waals surface area contributed by atoms with Crippen LogP contribution in [0.4, 0.5) is 18.9 Å². The average Bonchev–Trinajstić information content (AvgIpc) is 3.41. The summed E-state index contributed by atoms with van der Waals surface area (Å²) in [6, 6.07) is 23.5. The second-order valence-corrected chi connectivity index (χ2v) is 14.2. The quantitative estimate of drug-likeness (QED) is 0.200. The lowest BCUT2D eigenvalue weighted by Gasteiger charge is -2.26. The molecule has 11 heteroatoms. The minimum atomic E-state index is -4.58. The molecule has 5 rings (SSSR count).